The van der Waals surface area contributed by atoms with Crippen LogP contribution in [0.4, 0.5) is 0 Å². The second kappa shape index (κ2) is 6.87. The van der Waals surface area contributed by atoms with Gasteiger partial charge in [-0.15, -0.1) is 0 Å². The number of hydrogen-bond acceptors (Lipinski definition) is 4. The first-order valence-electron chi connectivity index (χ1n) is 6.79. The highest BCUT2D eigenvalue weighted by atomic mass is 16.5. The van der Waals surface area contributed by atoms with Crippen molar-refractivity contribution in [3.63, 3.8) is 0 Å². The van der Waals surface area contributed by atoms with Crippen LogP contribution in [0.1, 0.15) is 30.7 Å². The SMILES string of the molecule is COc1c(C)cnc(CC(O)C(CN)C(C)C)c1C. The Bertz CT molecular complexity index is 419. The van der Waals surface area contributed by atoms with Crippen molar-refractivity contribution in [2.45, 2.75) is 40.2 Å². The Hall–Kier alpha value is -1.13. The molecule has 0 aliphatic heterocycles. The van der Waals surface area contributed by atoms with Gasteiger partial charge in [0.1, 0.15) is 5.75 Å². The third kappa shape index (κ3) is 3.67. The van der Waals surface area contributed by atoms with E-state index in [0.717, 1.165) is 22.6 Å². The zero-order chi connectivity index (χ0) is 14.6. The molecule has 0 saturated carbocycles. The lowest BCUT2D eigenvalue weighted by Crippen LogP contribution is -2.33. The molecule has 1 aromatic rings. The number of hydrogen-bond donors (Lipinski definition) is 2. The molecule has 19 heavy (non-hydrogen) atoms. The molecule has 1 heterocycles. The number of nitrogens with two attached hydrogens (primary N) is 1. The molecule has 0 fully saturated rings. The lowest BCUT2D eigenvalue weighted by molar-refractivity contribution is 0.0853. The van der Waals surface area contributed by atoms with Crippen molar-refractivity contribution in [1.29, 1.82) is 0 Å². The number of aliphatic hydroxyl groups excluding tert-OH is 1. The quantitative estimate of drug-likeness (QED) is 0.824. The molecular weight excluding hydrogens is 240 g/mol. The summed E-state index contributed by atoms with van der Waals surface area (Å²) in [7, 11) is 1.66. The van der Waals surface area contributed by atoms with Gasteiger partial charge in [0.05, 0.1) is 13.2 Å². The molecule has 108 valence electrons. The second-order valence-corrected chi connectivity index (χ2v) is 5.46. The van der Waals surface area contributed by atoms with Gasteiger partial charge < -0.3 is 15.6 Å². The first-order valence-corrected chi connectivity index (χ1v) is 6.79. The number of ether oxygens (including phenoxy) is 1. The van der Waals surface area contributed by atoms with Gasteiger partial charge in [-0.2, -0.15) is 0 Å². The number of pyridine rings is 1. The van der Waals surface area contributed by atoms with E-state index < -0.39 is 6.10 Å². The van der Waals surface area contributed by atoms with Crippen molar-refractivity contribution in [2.75, 3.05) is 13.7 Å². The molecule has 0 bridgehead atoms. The molecule has 4 heteroatoms. The predicted molar refractivity (Wildman–Crippen MR) is 77.4 cm³/mol. The average Bonchev–Trinajstić information content (AvgIpc) is 2.34. The number of methoxy groups -OCH3 is 1. The summed E-state index contributed by atoms with van der Waals surface area (Å²) < 4.78 is 5.39. The molecule has 0 aliphatic rings. The van der Waals surface area contributed by atoms with Crippen LogP contribution in [0.5, 0.6) is 5.75 Å². The summed E-state index contributed by atoms with van der Waals surface area (Å²) in [6.07, 6.45) is 1.84. The maximum Gasteiger partial charge on any atom is 0.128 e. The van der Waals surface area contributed by atoms with Gasteiger partial charge >= 0.3 is 0 Å². The van der Waals surface area contributed by atoms with Crippen LogP contribution in [0.25, 0.3) is 0 Å². The lowest BCUT2D eigenvalue weighted by Gasteiger charge is -2.25. The molecule has 2 atom stereocenters. The molecule has 0 aliphatic carbocycles. The number of aliphatic hydroxyl groups is 1. The van der Waals surface area contributed by atoms with Crippen LogP contribution in [-0.2, 0) is 6.42 Å². The maximum absolute atomic E-state index is 10.3. The fourth-order valence-electron chi connectivity index (χ4n) is 2.50. The van der Waals surface area contributed by atoms with Gasteiger partial charge in [-0.25, -0.2) is 0 Å². The number of aromatic nitrogens is 1. The third-order valence-electron chi connectivity index (χ3n) is 3.77. The zero-order valence-electron chi connectivity index (χ0n) is 12.6. The highest BCUT2D eigenvalue weighted by molar-refractivity contribution is 5.41. The van der Waals surface area contributed by atoms with E-state index in [1.165, 1.54) is 0 Å². The first kappa shape index (κ1) is 15.9. The van der Waals surface area contributed by atoms with E-state index >= 15 is 0 Å². The van der Waals surface area contributed by atoms with Gasteiger partial charge in [-0.1, -0.05) is 13.8 Å². The summed E-state index contributed by atoms with van der Waals surface area (Å²) in [5.74, 6) is 1.30. The van der Waals surface area contributed by atoms with E-state index in [1.54, 1.807) is 13.3 Å². The smallest absolute Gasteiger partial charge is 0.128 e. The summed E-state index contributed by atoms with van der Waals surface area (Å²) in [6.45, 7) is 8.60. The average molecular weight is 266 g/mol. The highest BCUT2D eigenvalue weighted by Crippen LogP contribution is 2.26. The van der Waals surface area contributed by atoms with Gasteiger partial charge in [-0.3, -0.25) is 4.98 Å². The second-order valence-electron chi connectivity index (χ2n) is 5.46. The molecule has 1 rings (SSSR count). The largest absolute Gasteiger partial charge is 0.496 e. The molecule has 0 saturated heterocycles. The number of nitrogens with zero attached hydrogens (tertiary/aromatic N) is 1. The van der Waals surface area contributed by atoms with Gasteiger partial charge in [0.25, 0.3) is 0 Å². The molecule has 0 aromatic carbocycles. The Morgan fingerprint density at radius 3 is 2.47 bits per heavy atom. The topological polar surface area (TPSA) is 68.4 Å². The fourth-order valence-corrected chi connectivity index (χ4v) is 2.50. The van der Waals surface area contributed by atoms with Crippen molar-refractivity contribution in [3.8, 4) is 5.75 Å². The van der Waals surface area contributed by atoms with Crippen LogP contribution < -0.4 is 10.5 Å². The number of rotatable bonds is 6. The minimum absolute atomic E-state index is 0.0912. The first-order chi connectivity index (χ1) is 8.92. The minimum Gasteiger partial charge on any atom is -0.496 e. The Labute approximate surface area is 116 Å². The van der Waals surface area contributed by atoms with Crippen LogP contribution in [0.15, 0.2) is 6.20 Å². The van der Waals surface area contributed by atoms with Crippen molar-refractivity contribution >= 4 is 0 Å². The van der Waals surface area contributed by atoms with Crippen molar-refractivity contribution < 1.29 is 9.84 Å². The molecule has 0 amide bonds. The van der Waals surface area contributed by atoms with Crippen molar-refractivity contribution in [3.05, 3.63) is 23.0 Å². The summed E-state index contributed by atoms with van der Waals surface area (Å²) in [5, 5.41) is 10.3. The van der Waals surface area contributed by atoms with Crippen LogP contribution >= 0.6 is 0 Å². The van der Waals surface area contributed by atoms with Crippen LogP contribution in [0, 0.1) is 25.7 Å². The van der Waals surface area contributed by atoms with Gasteiger partial charge in [0.15, 0.2) is 0 Å². The Morgan fingerprint density at radius 1 is 1.37 bits per heavy atom. The Balaban J connectivity index is 2.94. The normalized spacial score (nSPS) is 14.5. The van der Waals surface area contributed by atoms with E-state index in [9.17, 15) is 5.11 Å². The van der Waals surface area contributed by atoms with E-state index in [-0.39, 0.29) is 5.92 Å². The van der Waals surface area contributed by atoms with Gasteiger partial charge in [-0.05, 0) is 32.2 Å². The summed E-state index contributed by atoms with van der Waals surface area (Å²) in [6, 6.07) is 0. The van der Waals surface area contributed by atoms with Crippen LogP contribution in [-0.4, -0.2) is 29.8 Å². The zero-order valence-corrected chi connectivity index (χ0v) is 12.6. The molecule has 3 N–H and O–H groups in total. The lowest BCUT2D eigenvalue weighted by atomic mass is 9.87. The third-order valence-corrected chi connectivity index (χ3v) is 3.77. The van der Waals surface area contributed by atoms with E-state index in [4.69, 9.17) is 10.5 Å². The Morgan fingerprint density at radius 2 is 2.00 bits per heavy atom. The van der Waals surface area contributed by atoms with E-state index in [0.29, 0.717) is 18.9 Å². The molecule has 2 unspecified atom stereocenters. The standard InChI is InChI=1S/C15H26N2O2/c1-9(2)12(7-16)14(18)6-13-11(4)15(19-5)10(3)8-17-13/h8-9,12,14,18H,6-7,16H2,1-5H3. The molecule has 0 spiro atoms. The summed E-state index contributed by atoms with van der Waals surface area (Å²) in [5.41, 5.74) is 8.64. The minimum atomic E-state index is -0.469. The monoisotopic (exact) mass is 266 g/mol. The summed E-state index contributed by atoms with van der Waals surface area (Å²) >= 11 is 0. The van der Waals surface area contributed by atoms with Crippen LogP contribution in [0.2, 0.25) is 0 Å². The maximum atomic E-state index is 10.3. The molecular formula is C15H26N2O2. The molecule has 1 aromatic heterocycles. The van der Waals surface area contributed by atoms with Crippen molar-refractivity contribution in [1.82, 2.24) is 4.98 Å². The molecule has 4 nitrogen and oxygen atoms in total. The van der Waals surface area contributed by atoms with Gasteiger partial charge in [0, 0.05) is 29.4 Å². The van der Waals surface area contributed by atoms with E-state index in [2.05, 4.69) is 18.8 Å². The summed E-state index contributed by atoms with van der Waals surface area (Å²) in [4.78, 5) is 4.42. The fraction of sp³-hybridized carbons (Fsp3) is 0.667. The predicted octanol–water partition coefficient (Wildman–Crippen LogP) is 1.84. The molecule has 0 radical (unpaired) electrons. The van der Waals surface area contributed by atoms with Crippen LogP contribution in [0.3, 0.4) is 0 Å². The highest BCUT2D eigenvalue weighted by Gasteiger charge is 2.23. The van der Waals surface area contributed by atoms with E-state index in [1.807, 2.05) is 13.8 Å². The van der Waals surface area contributed by atoms with Gasteiger partial charge in [0.2, 0.25) is 0 Å². The number of aryl methyl sites for hydroxylation is 1. The van der Waals surface area contributed by atoms with Crippen molar-refractivity contribution in [2.24, 2.45) is 17.6 Å². The Kier molecular flexibility index (Phi) is 5.76.